The molecule has 0 radical (unpaired) electrons. The van der Waals surface area contributed by atoms with E-state index in [1.807, 2.05) is 45.0 Å². The van der Waals surface area contributed by atoms with Crippen molar-refractivity contribution in [2.24, 2.45) is 17.3 Å². The van der Waals surface area contributed by atoms with Crippen LogP contribution in [0.3, 0.4) is 0 Å². The number of ketones is 2. The van der Waals surface area contributed by atoms with Crippen molar-refractivity contribution in [3.05, 3.63) is 47.2 Å². The highest BCUT2D eigenvalue weighted by molar-refractivity contribution is 6.33. The molecule has 3 aliphatic rings. The van der Waals surface area contributed by atoms with E-state index in [0.29, 0.717) is 40.6 Å². The SMILES string of the molecule is CN[C@@H](C)C(=O)C[C@H](C(=O)N1CCC[C@H]1C(=O)Cc1cc2c(Nc3ccc(N4CCN(CC5CC5)CC4)c(Cl)c3)ncnc2cc1OC)C(C)(C)C. The van der Waals surface area contributed by atoms with Crippen molar-refractivity contribution in [1.29, 1.82) is 0 Å². The van der Waals surface area contributed by atoms with Gasteiger partial charge in [-0.2, -0.15) is 0 Å². The van der Waals surface area contributed by atoms with E-state index in [1.54, 1.807) is 26.0 Å². The molecular formula is C40H54ClN7O4. The Balaban J connectivity index is 1.18. The number of ether oxygens (including phenoxy) is 1. The molecule has 3 atom stereocenters. The Kier molecular flexibility index (Phi) is 11.7. The van der Waals surface area contributed by atoms with Gasteiger partial charge in [0.2, 0.25) is 5.91 Å². The third-order valence-corrected chi connectivity index (χ3v) is 11.4. The van der Waals surface area contributed by atoms with Gasteiger partial charge in [-0.3, -0.25) is 19.3 Å². The number of carbonyl (C=O) groups is 3. The number of hydrogen-bond acceptors (Lipinski definition) is 10. The topological polar surface area (TPSA) is 120 Å². The fourth-order valence-electron chi connectivity index (χ4n) is 7.55. The lowest BCUT2D eigenvalue weighted by Gasteiger charge is -2.36. The van der Waals surface area contributed by atoms with Crippen LogP contribution in [0.2, 0.25) is 5.02 Å². The number of benzene rings is 2. The van der Waals surface area contributed by atoms with Crippen LogP contribution in [0.1, 0.15) is 65.4 Å². The van der Waals surface area contributed by atoms with Crippen molar-refractivity contribution in [2.45, 2.75) is 78.3 Å². The van der Waals surface area contributed by atoms with Crippen LogP contribution in [-0.4, -0.2) is 103 Å². The summed E-state index contributed by atoms with van der Waals surface area (Å²) >= 11 is 6.86. The number of nitrogens with one attached hydrogen (secondary N) is 2. The maximum Gasteiger partial charge on any atom is 0.227 e. The first-order valence-electron chi connectivity index (χ1n) is 18.7. The first kappa shape index (κ1) is 37.9. The smallest absolute Gasteiger partial charge is 0.227 e. The van der Waals surface area contributed by atoms with E-state index in [-0.39, 0.29) is 36.4 Å². The minimum atomic E-state index is -0.568. The van der Waals surface area contributed by atoms with Crippen LogP contribution in [0, 0.1) is 17.3 Å². The van der Waals surface area contributed by atoms with Crippen molar-refractivity contribution in [1.82, 2.24) is 25.1 Å². The zero-order valence-corrected chi connectivity index (χ0v) is 32.3. The number of rotatable bonds is 14. The summed E-state index contributed by atoms with van der Waals surface area (Å²) in [6.45, 7) is 13.5. The van der Waals surface area contributed by atoms with Crippen molar-refractivity contribution in [2.75, 3.05) is 63.6 Å². The van der Waals surface area contributed by atoms with Crippen LogP contribution < -0.4 is 20.3 Å². The molecule has 1 saturated carbocycles. The van der Waals surface area contributed by atoms with Gasteiger partial charge in [0.15, 0.2) is 5.78 Å². The highest BCUT2D eigenvalue weighted by atomic mass is 35.5. The number of fused-ring (bicyclic) bond motifs is 1. The Morgan fingerprint density at radius 1 is 1.02 bits per heavy atom. The zero-order chi connectivity index (χ0) is 37.2. The molecule has 280 valence electrons. The Hall–Kier alpha value is -3.80. The molecule has 3 fully saturated rings. The summed E-state index contributed by atoms with van der Waals surface area (Å²) in [5.74, 6) is 1.29. The molecule has 0 bridgehead atoms. The van der Waals surface area contributed by atoms with Crippen molar-refractivity contribution in [3.8, 4) is 5.75 Å². The summed E-state index contributed by atoms with van der Waals surface area (Å²) in [5.41, 5.74) is 2.74. The van der Waals surface area contributed by atoms with Crippen LogP contribution in [0.15, 0.2) is 36.7 Å². The van der Waals surface area contributed by atoms with E-state index in [9.17, 15) is 14.4 Å². The maximum absolute atomic E-state index is 14.0. The Morgan fingerprint density at radius 3 is 2.42 bits per heavy atom. The molecule has 2 aliphatic heterocycles. The van der Waals surface area contributed by atoms with Gasteiger partial charge in [-0.05, 0) is 75.3 Å². The lowest BCUT2D eigenvalue weighted by molar-refractivity contribution is -0.145. The Labute approximate surface area is 312 Å². The fraction of sp³-hybridized carbons (Fsp3) is 0.575. The average Bonchev–Trinajstić information content (AvgIpc) is 3.80. The molecule has 3 aromatic rings. The molecule has 0 unspecified atom stereocenters. The molecule has 52 heavy (non-hydrogen) atoms. The van der Waals surface area contributed by atoms with Gasteiger partial charge < -0.3 is 25.2 Å². The minimum Gasteiger partial charge on any atom is -0.496 e. The molecule has 2 saturated heterocycles. The van der Waals surface area contributed by atoms with Crippen LogP contribution in [0.25, 0.3) is 10.9 Å². The lowest BCUT2D eigenvalue weighted by Crippen LogP contribution is -2.48. The number of amides is 1. The van der Waals surface area contributed by atoms with Crippen LogP contribution in [0.4, 0.5) is 17.2 Å². The summed E-state index contributed by atoms with van der Waals surface area (Å²) in [6.07, 6.45) is 5.76. The second-order valence-corrected chi connectivity index (χ2v) is 16.3. The number of aromatic nitrogens is 2. The first-order valence-corrected chi connectivity index (χ1v) is 19.1. The van der Waals surface area contributed by atoms with Crippen LogP contribution >= 0.6 is 11.6 Å². The first-order chi connectivity index (χ1) is 24.9. The Morgan fingerprint density at radius 2 is 1.77 bits per heavy atom. The molecular weight excluding hydrogens is 678 g/mol. The second kappa shape index (κ2) is 16.1. The van der Waals surface area contributed by atoms with E-state index in [1.165, 1.54) is 25.7 Å². The number of piperazine rings is 1. The summed E-state index contributed by atoms with van der Waals surface area (Å²) in [6, 6.07) is 8.82. The molecule has 1 aliphatic carbocycles. The molecule has 0 spiro atoms. The number of hydrogen-bond donors (Lipinski definition) is 2. The molecule has 3 heterocycles. The molecule has 2 aromatic carbocycles. The standard InChI is InChI=1S/C40H54ClN7O4/c1-25(42-5)35(49)21-30(40(2,3)4)39(51)48-13-7-8-34(48)36(50)19-27-18-29-32(22-37(27)52-6)43-24-44-38(29)45-28-11-12-33(31(41)20-28)47-16-14-46(15-17-47)23-26-9-10-26/h11-12,18,20,22,24-26,30,34,42H,7-10,13-17,19,21,23H2,1-6H3,(H,43,44,45)/t25-,30+,34-/m0/s1. The van der Waals surface area contributed by atoms with Gasteiger partial charge in [0.1, 0.15) is 23.7 Å². The summed E-state index contributed by atoms with van der Waals surface area (Å²) in [7, 11) is 3.32. The number of anilines is 3. The third-order valence-electron chi connectivity index (χ3n) is 11.1. The number of nitrogens with zero attached hydrogens (tertiary/aromatic N) is 5. The summed E-state index contributed by atoms with van der Waals surface area (Å²) in [4.78, 5) is 56.7. The van der Waals surface area contributed by atoms with E-state index in [4.69, 9.17) is 16.3 Å². The zero-order valence-electron chi connectivity index (χ0n) is 31.5. The predicted molar refractivity (Wildman–Crippen MR) is 207 cm³/mol. The monoisotopic (exact) mass is 731 g/mol. The van der Waals surface area contributed by atoms with E-state index in [2.05, 4.69) is 36.5 Å². The predicted octanol–water partition coefficient (Wildman–Crippen LogP) is 5.90. The van der Waals surface area contributed by atoms with Gasteiger partial charge in [-0.1, -0.05) is 32.4 Å². The van der Waals surface area contributed by atoms with E-state index in [0.717, 1.165) is 55.3 Å². The molecule has 1 amide bonds. The van der Waals surface area contributed by atoms with Crippen molar-refractivity contribution >= 4 is 57.2 Å². The second-order valence-electron chi connectivity index (χ2n) is 15.9. The normalized spacial score (nSPS) is 19.5. The highest BCUT2D eigenvalue weighted by Crippen LogP contribution is 2.37. The average molecular weight is 732 g/mol. The number of methoxy groups -OCH3 is 1. The van der Waals surface area contributed by atoms with Crippen molar-refractivity contribution in [3.63, 3.8) is 0 Å². The maximum atomic E-state index is 14.0. The summed E-state index contributed by atoms with van der Waals surface area (Å²) in [5, 5.41) is 7.83. The van der Waals surface area contributed by atoms with Gasteiger partial charge in [-0.15, -0.1) is 0 Å². The molecule has 2 N–H and O–H groups in total. The van der Waals surface area contributed by atoms with E-state index < -0.39 is 17.4 Å². The lowest BCUT2D eigenvalue weighted by atomic mass is 9.76. The molecule has 11 nitrogen and oxygen atoms in total. The van der Waals surface area contributed by atoms with Gasteiger partial charge in [0.05, 0.1) is 35.4 Å². The van der Waals surface area contributed by atoms with Crippen LogP contribution in [-0.2, 0) is 20.8 Å². The quantitative estimate of drug-likeness (QED) is 0.208. The number of likely N-dealkylation sites (N-methyl/N-ethyl adjacent to an activating group) is 1. The van der Waals surface area contributed by atoms with Gasteiger partial charge in [-0.25, -0.2) is 9.97 Å². The largest absolute Gasteiger partial charge is 0.496 e. The molecule has 6 rings (SSSR count). The highest BCUT2D eigenvalue weighted by Gasteiger charge is 2.42. The third kappa shape index (κ3) is 8.69. The number of carbonyl (C=O) groups excluding carboxylic acids is 3. The van der Waals surface area contributed by atoms with Gasteiger partial charge in [0.25, 0.3) is 0 Å². The van der Waals surface area contributed by atoms with Crippen LogP contribution in [0.5, 0.6) is 5.75 Å². The number of halogens is 1. The number of likely N-dealkylation sites (tertiary alicyclic amines) is 1. The Bertz CT molecular complexity index is 1780. The van der Waals surface area contributed by atoms with Gasteiger partial charge in [0, 0.05) is 80.7 Å². The molecule has 12 heteroatoms. The van der Waals surface area contributed by atoms with Gasteiger partial charge >= 0.3 is 0 Å². The van der Waals surface area contributed by atoms with E-state index >= 15 is 0 Å². The molecule has 1 aromatic heterocycles. The minimum absolute atomic E-state index is 0.0129. The van der Waals surface area contributed by atoms with Crippen molar-refractivity contribution < 1.29 is 19.1 Å². The number of Topliss-reactive ketones (excluding diaryl/α,β-unsaturated/α-hetero) is 2. The summed E-state index contributed by atoms with van der Waals surface area (Å²) < 4.78 is 5.74. The fourth-order valence-corrected chi connectivity index (χ4v) is 7.85.